The van der Waals surface area contributed by atoms with Crippen molar-refractivity contribution >= 4 is 11.0 Å². The molecule has 0 radical (unpaired) electrons. The molecule has 0 aliphatic carbocycles. The molecule has 0 aliphatic heterocycles. The molecule has 3 aromatic rings. The van der Waals surface area contributed by atoms with Gasteiger partial charge in [0.25, 0.3) is 0 Å². The average molecular weight is 292 g/mol. The summed E-state index contributed by atoms with van der Waals surface area (Å²) in [7, 11) is 0. The summed E-state index contributed by atoms with van der Waals surface area (Å²) in [6.07, 6.45) is 0. The molecule has 0 bridgehead atoms. The largest absolute Gasteiger partial charge is 0.395 e. The minimum absolute atomic E-state index is 0.140. The zero-order valence-corrected chi connectivity index (χ0v) is 10.9. The number of imidazole rings is 1. The van der Waals surface area contributed by atoms with E-state index >= 15 is 0 Å². The van der Waals surface area contributed by atoms with Gasteiger partial charge in [0.15, 0.2) is 17.5 Å². The third-order valence-electron chi connectivity index (χ3n) is 3.25. The molecule has 0 atom stereocenters. The maximum Gasteiger partial charge on any atom is 0.195 e. The Bertz CT molecular complexity index is 814. The number of aliphatic hydroxyl groups is 1. The molecule has 21 heavy (non-hydrogen) atoms. The van der Waals surface area contributed by atoms with Crippen LogP contribution in [0.15, 0.2) is 36.4 Å². The van der Waals surface area contributed by atoms with Gasteiger partial charge in [-0.2, -0.15) is 0 Å². The Balaban J connectivity index is 2.29. The highest BCUT2D eigenvalue weighted by Gasteiger charge is 2.20. The van der Waals surface area contributed by atoms with Crippen LogP contribution in [0.25, 0.3) is 22.4 Å². The van der Waals surface area contributed by atoms with Crippen molar-refractivity contribution in [3.05, 3.63) is 53.8 Å². The molecule has 0 unspecified atom stereocenters. The summed E-state index contributed by atoms with van der Waals surface area (Å²) in [5.74, 6) is -3.91. The summed E-state index contributed by atoms with van der Waals surface area (Å²) in [5, 5.41) is 9.16. The van der Waals surface area contributed by atoms with Gasteiger partial charge in [-0.3, -0.25) is 0 Å². The highest BCUT2D eigenvalue weighted by molar-refractivity contribution is 5.80. The van der Waals surface area contributed by atoms with E-state index in [-0.39, 0.29) is 24.5 Å². The van der Waals surface area contributed by atoms with E-state index in [9.17, 15) is 13.2 Å². The molecule has 0 saturated carbocycles. The van der Waals surface area contributed by atoms with Gasteiger partial charge in [-0.05, 0) is 24.3 Å². The van der Waals surface area contributed by atoms with Crippen LogP contribution in [0.1, 0.15) is 0 Å². The molecule has 1 aromatic heterocycles. The van der Waals surface area contributed by atoms with E-state index < -0.39 is 17.5 Å². The van der Waals surface area contributed by atoms with Crippen molar-refractivity contribution in [2.75, 3.05) is 6.61 Å². The average Bonchev–Trinajstić information content (AvgIpc) is 2.84. The zero-order chi connectivity index (χ0) is 15.0. The Hall–Kier alpha value is -2.34. The fraction of sp³-hybridized carbons (Fsp3) is 0.133. The molecule has 0 fully saturated rings. The minimum Gasteiger partial charge on any atom is -0.395 e. The first-order valence-electron chi connectivity index (χ1n) is 6.33. The first-order valence-corrected chi connectivity index (χ1v) is 6.33. The Morgan fingerprint density at radius 2 is 1.76 bits per heavy atom. The number of hydrogen-bond donors (Lipinski definition) is 1. The molecule has 3 rings (SSSR count). The molecular weight excluding hydrogens is 281 g/mol. The Labute approximate surface area is 118 Å². The van der Waals surface area contributed by atoms with Gasteiger partial charge in [-0.15, -0.1) is 0 Å². The second kappa shape index (κ2) is 5.21. The van der Waals surface area contributed by atoms with Crippen molar-refractivity contribution in [2.45, 2.75) is 6.54 Å². The van der Waals surface area contributed by atoms with Crippen LogP contribution in [-0.4, -0.2) is 21.3 Å². The number of rotatable bonds is 3. The third-order valence-corrected chi connectivity index (χ3v) is 3.25. The number of fused-ring (bicyclic) bond motifs is 1. The van der Waals surface area contributed by atoms with E-state index in [2.05, 4.69) is 4.98 Å². The van der Waals surface area contributed by atoms with Crippen molar-refractivity contribution < 1.29 is 18.3 Å². The van der Waals surface area contributed by atoms with Gasteiger partial charge in [0, 0.05) is 6.54 Å². The summed E-state index contributed by atoms with van der Waals surface area (Å²) in [5.41, 5.74) is 1.13. The number of nitrogens with zero attached hydrogens (tertiary/aromatic N) is 2. The van der Waals surface area contributed by atoms with E-state index in [0.29, 0.717) is 11.0 Å². The molecule has 0 aliphatic rings. The normalized spacial score (nSPS) is 11.2. The van der Waals surface area contributed by atoms with Gasteiger partial charge in [0.05, 0.1) is 23.2 Å². The second-order valence-corrected chi connectivity index (χ2v) is 4.52. The molecule has 1 heterocycles. The van der Waals surface area contributed by atoms with Gasteiger partial charge in [0.1, 0.15) is 5.82 Å². The lowest BCUT2D eigenvalue weighted by atomic mass is 10.2. The van der Waals surface area contributed by atoms with E-state index in [1.54, 1.807) is 28.8 Å². The lowest BCUT2D eigenvalue weighted by molar-refractivity contribution is 0.278. The Morgan fingerprint density at radius 1 is 1.00 bits per heavy atom. The third kappa shape index (κ3) is 2.17. The van der Waals surface area contributed by atoms with Gasteiger partial charge in [-0.1, -0.05) is 12.1 Å². The number of aliphatic hydroxyl groups excluding tert-OH is 1. The minimum atomic E-state index is -1.53. The summed E-state index contributed by atoms with van der Waals surface area (Å²) in [6.45, 7) is -0.00701. The number of hydrogen-bond acceptors (Lipinski definition) is 2. The number of halogens is 3. The number of benzene rings is 2. The van der Waals surface area contributed by atoms with Crippen molar-refractivity contribution in [1.82, 2.24) is 9.55 Å². The van der Waals surface area contributed by atoms with Gasteiger partial charge < -0.3 is 9.67 Å². The summed E-state index contributed by atoms with van der Waals surface area (Å²) >= 11 is 0. The van der Waals surface area contributed by atoms with Gasteiger partial charge in [0.2, 0.25) is 0 Å². The highest BCUT2D eigenvalue weighted by atomic mass is 19.2. The lowest BCUT2D eigenvalue weighted by Gasteiger charge is -2.08. The van der Waals surface area contributed by atoms with E-state index in [1.165, 1.54) is 0 Å². The Kier molecular flexibility index (Phi) is 3.39. The zero-order valence-electron chi connectivity index (χ0n) is 10.9. The standard InChI is InChI=1S/C15H11F3N2O/c16-10-6-5-9(13(17)14(10)18)15-19-11-3-1-2-4-12(11)20(15)7-8-21/h1-6,21H,7-8H2. The predicted molar refractivity (Wildman–Crippen MR) is 72.1 cm³/mol. The van der Waals surface area contributed by atoms with E-state index in [4.69, 9.17) is 5.11 Å². The van der Waals surface area contributed by atoms with E-state index in [1.807, 2.05) is 0 Å². The fourth-order valence-corrected chi connectivity index (χ4v) is 2.31. The molecule has 1 N–H and O–H groups in total. The van der Waals surface area contributed by atoms with Crippen LogP contribution < -0.4 is 0 Å². The predicted octanol–water partition coefficient (Wildman–Crippen LogP) is 3.11. The van der Waals surface area contributed by atoms with Crippen LogP contribution in [-0.2, 0) is 6.54 Å². The van der Waals surface area contributed by atoms with Crippen molar-refractivity contribution in [3.8, 4) is 11.4 Å². The van der Waals surface area contributed by atoms with Crippen molar-refractivity contribution in [3.63, 3.8) is 0 Å². The smallest absolute Gasteiger partial charge is 0.195 e. The first-order chi connectivity index (χ1) is 10.1. The van der Waals surface area contributed by atoms with Crippen LogP contribution in [0.3, 0.4) is 0 Å². The van der Waals surface area contributed by atoms with Crippen molar-refractivity contribution in [1.29, 1.82) is 0 Å². The van der Waals surface area contributed by atoms with Crippen molar-refractivity contribution in [2.24, 2.45) is 0 Å². The molecule has 0 amide bonds. The monoisotopic (exact) mass is 292 g/mol. The molecule has 0 spiro atoms. The molecule has 108 valence electrons. The van der Waals surface area contributed by atoms with Crippen LogP contribution in [0.5, 0.6) is 0 Å². The summed E-state index contributed by atoms with van der Waals surface area (Å²) in [6, 6.07) is 9.04. The molecule has 6 heteroatoms. The maximum absolute atomic E-state index is 14.0. The topological polar surface area (TPSA) is 38.0 Å². The number of para-hydroxylation sites is 2. The van der Waals surface area contributed by atoms with Crippen LogP contribution in [0.2, 0.25) is 0 Å². The highest BCUT2D eigenvalue weighted by Crippen LogP contribution is 2.28. The molecular formula is C15H11F3N2O. The lowest BCUT2D eigenvalue weighted by Crippen LogP contribution is -2.06. The van der Waals surface area contributed by atoms with Gasteiger partial charge >= 0.3 is 0 Å². The molecule has 2 aromatic carbocycles. The number of aromatic nitrogens is 2. The van der Waals surface area contributed by atoms with E-state index in [0.717, 1.165) is 12.1 Å². The summed E-state index contributed by atoms with van der Waals surface area (Å²) in [4.78, 5) is 4.26. The van der Waals surface area contributed by atoms with Crippen LogP contribution in [0.4, 0.5) is 13.2 Å². The SMILES string of the molecule is OCCn1c(-c2ccc(F)c(F)c2F)nc2ccccc21. The van der Waals surface area contributed by atoms with Crippen LogP contribution in [0, 0.1) is 17.5 Å². The fourth-order valence-electron chi connectivity index (χ4n) is 2.31. The second-order valence-electron chi connectivity index (χ2n) is 4.52. The first kappa shape index (κ1) is 13.6. The Morgan fingerprint density at radius 3 is 2.52 bits per heavy atom. The quantitative estimate of drug-likeness (QED) is 0.753. The maximum atomic E-state index is 14.0. The van der Waals surface area contributed by atoms with Gasteiger partial charge in [-0.25, -0.2) is 18.2 Å². The molecule has 0 saturated heterocycles. The molecule has 3 nitrogen and oxygen atoms in total. The summed E-state index contributed by atoms with van der Waals surface area (Å²) < 4.78 is 42.0. The van der Waals surface area contributed by atoms with Crippen LogP contribution >= 0.6 is 0 Å².